The summed E-state index contributed by atoms with van der Waals surface area (Å²) in [6.45, 7) is 9.45. The number of fused-ring (bicyclic) bond motifs is 5. The topological polar surface area (TPSA) is 175 Å². The number of nitrogens with one attached hydrogen (secondary N) is 2. The van der Waals surface area contributed by atoms with E-state index in [0.717, 1.165) is 0 Å². The molecule has 1 aliphatic rings. The molecule has 230 valence electrons. The van der Waals surface area contributed by atoms with E-state index in [2.05, 4.69) is 25.6 Å². The zero-order chi connectivity index (χ0) is 31.3. The number of oxazole rings is 1. The molecule has 0 fully saturated rings. The van der Waals surface area contributed by atoms with E-state index in [1.54, 1.807) is 38.3 Å². The SMILES string of the molecule is COc1ccc2cc1OCCCN(C(=O)c1cc(C(C)C)nc(N)n1)CC(=O)N[C@@H](C(C)C)C(=O)NCc1nc-2oc1C. The molecule has 0 spiro atoms. The van der Waals surface area contributed by atoms with Crippen LogP contribution in [0, 0.1) is 12.8 Å². The van der Waals surface area contributed by atoms with Gasteiger partial charge in [-0.15, -0.1) is 0 Å². The zero-order valence-corrected chi connectivity index (χ0v) is 25.4. The van der Waals surface area contributed by atoms with Crippen molar-refractivity contribution < 1.29 is 28.3 Å². The summed E-state index contributed by atoms with van der Waals surface area (Å²) in [6.07, 6.45) is 0.375. The summed E-state index contributed by atoms with van der Waals surface area (Å²) >= 11 is 0. The third-order valence-electron chi connectivity index (χ3n) is 7.02. The van der Waals surface area contributed by atoms with Crippen molar-refractivity contribution in [1.82, 2.24) is 30.5 Å². The Kier molecular flexibility index (Phi) is 9.84. The molecule has 0 aliphatic carbocycles. The number of hydrogen-bond acceptors (Lipinski definition) is 10. The number of methoxy groups -OCH3 is 1. The quantitative estimate of drug-likeness (QED) is 0.408. The van der Waals surface area contributed by atoms with Gasteiger partial charge in [-0.3, -0.25) is 14.4 Å². The fraction of sp³-hybridized carbons (Fsp3) is 0.467. The first-order valence-corrected chi connectivity index (χ1v) is 14.2. The van der Waals surface area contributed by atoms with E-state index in [9.17, 15) is 14.4 Å². The molecule has 13 heteroatoms. The van der Waals surface area contributed by atoms with Gasteiger partial charge in [0.05, 0.1) is 26.8 Å². The summed E-state index contributed by atoms with van der Waals surface area (Å²) in [4.78, 5) is 54.4. The lowest BCUT2D eigenvalue weighted by atomic mass is 10.0. The van der Waals surface area contributed by atoms with Crippen molar-refractivity contribution in [3.8, 4) is 23.0 Å². The molecule has 13 nitrogen and oxygen atoms in total. The molecule has 0 radical (unpaired) electrons. The molecule has 1 aromatic carbocycles. The van der Waals surface area contributed by atoms with Gasteiger partial charge in [0, 0.05) is 17.8 Å². The number of nitrogens with zero attached hydrogens (tertiary/aromatic N) is 4. The van der Waals surface area contributed by atoms with Gasteiger partial charge in [-0.1, -0.05) is 27.7 Å². The van der Waals surface area contributed by atoms with Gasteiger partial charge in [-0.05, 0) is 49.4 Å². The number of carbonyl (C=O) groups is 3. The largest absolute Gasteiger partial charge is 0.493 e. The monoisotopic (exact) mass is 593 g/mol. The first-order chi connectivity index (χ1) is 20.5. The molecular formula is C30H39N7O6. The lowest BCUT2D eigenvalue weighted by Gasteiger charge is -2.26. The fourth-order valence-electron chi connectivity index (χ4n) is 4.59. The van der Waals surface area contributed by atoms with Gasteiger partial charge in [0.25, 0.3) is 5.91 Å². The second-order valence-corrected chi connectivity index (χ2v) is 11.0. The Bertz CT molecular complexity index is 1490. The first-order valence-electron chi connectivity index (χ1n) is 14.2. The van der Waals surface area contributed by atoms with Crippen molar-refractivity contribution in [2.45, 2.75) is 59.5 Å². The highest BCUT2D eigenvalue weighted by Crippen LogP contribution is 2.33. The maximum atomic E-state index is 13.7. The fourth-order valence-corrected chi connectivity index (χ4v) is 4.59. The Morgan fingerprint density at radius 3 is 2.60 bits per heavy atom. The minimum Gasteiger partial charge on any atom is -0.493 e. The van der Waals surface area contributed by atoms with E-state index in [4.69, 9.17) is 19.6 Å². The standard InChI is InChI=1S/C30H39N7O6/c1-16(2)20-13-21(35-30(31)34-20)29(40)37-10-7-11-42-24-12-19(8-9-23(24)41-6)28-33-22(18(5)43-28)14-32-27(39)26(17(3)4)36-25(38)15-37/h8-9,12-13,16-17,26H,7,10-11,14-15H2,1-6H3,(H,32,39)(H,36,38)(H2,31,34,35)/t26-/m0/s1. The Morgan fingerprint density at radius 2 is 1.91 bits per heavy atom. The third-order valence-corrected chi connectivity index (χ3v) is 7.02. The maximum Gasteiger partial charge on any atom is 0.273 e. The van der Waals surface area contributed by atoms with Crippen LogP contribution in [-0.2, 0) is 16.1 Å². The minimum atomic E-state index is -0.843. The van der Waals surface area contributed by atoms with Crippen molar-refractivity contribution >= 4 is 23.7 Å². The van der Waals surface area contributed by atoms with Crippen molar-refractivity contribution in [3.63, 3.8) is 0 Å². The summed E-state index contributed by atoms with van der Waals surface area (Å²) in [7, 11) is 1.54. The molecule has 4 N–H and O–H groups in total. The maximum absolute atomic E-state index is 13.7. The van der Waals surface area contributed by atoms with E-state index >= 15 is 0 Å². The second-order valence-electron chi connectivity index (χ2n) is 11.0. The number of anilines is 1. The summed E-state index contributed by atoms with van der Waals surface area (Å²) in [6, 6.07) is 6.06. The van der Waals surface area contributed by atoms with Gasteiger partial charge in [0.1, 0.15) is 23.2 Å². The van der Waals surface area contributed by atoms with Gasteiger partial charge in [0.2, 0.25) is 23.7 Å². The number of nitrogens with two attached hydrogens (primary N) is 1. The van der Waals surface area contributed by atoms with E-state index in [1.807, 2.05) is 27.7 Å². The Balaban J connectivity index is 1.67. The number of ether oxygens (including phenoxy) is 2. The van der Waals surface area contributed by atoms with Crippen LogP contribution >= 0.6 is 0 Å². The lowest BCUT2D eigenvalue weighted by Crippen LogP contribution is -2.52. The van der Waals surface area contributed by atoms with E-state index < -0.39 is 17.9 Å². The molecule has 43 heavy (non-hydrogen) atoms. The molecule has 1 atom stereocenters. The predicted molar refractivity (Wildman–Crippen MR) is 158 cm³/mol. The van der Waals surface area contributed by atoms with Crippen LogP contribution in [0.3, 0.4) is 0 Å². The molecule has 4 rings (SSSR count). The van der Waals surface area contributed by atoms with E-state index in [1.165, 1.54) is 4.90 Å². The average Bonchev–Trinajstić information content (AvgIpc) is 3.34. The number of rotatable bonds is 4. The Morgan fingerprint density at radius 1 is 1.14 bits per heavy atom. The number of benzene rings is 1. The minimum absolute atomic E-state index is 0.0102. The van der Waals surface area contributed by atoms with Gasteiger partial charge >= 0.3 is 0 Å². The number of carbonyl (C=O) groups excluding carboxylic acids is 3. The summed E-state index contributed by atoms with van der Waals surface area (Å²) in [5.41, 5.74) is 7.82. The van der Waals surface area contributed by atoms with E-state index in [-0.39, 0.29) is 55.6 Å². The highest BCUT2D eigenvalue weighted by atomic mass is 16.5. The number of aromatic nitrogens is 3. The van der Waals surface area contributed by atoms with Crippen LogP contribution < -0.4 is 25.8 Å². The molecule has 3 heterocycles. The average molecular weight is 594 g/mol. The molecule has 1 aliphatic heterocycles. The molecule has 2 aromatic heterocycles. The molecule has 0 saturated heterocycles. The van der Waals surface area contributed by atoms with Gasteiger partial charge in [0.15, 0.2) is 11.5 Å². The van der Waals surface area contributed by atoms with Gasteiger partial charge in [-0.25, -0.2) is 15.0 Å². The number of nitrogen functional groups attached to an aromatic ring is 1. The molecule has 0 saturated carbocycles. The van der Waals surface area contributed by atoms with Crippen LogP contribution in [0.15, 0.2) is 28.7 Å². The predicted octanol–water partition coefficient (Wildman–Crippen LogP) is 2.84. The molecule has 3 amide bonds. The first kappa shape index (κ1) is 31.3. The molecule has 4 bridgehead atoms. The number of amides is 3. The molecule has 3 aromatic rings. The van der Waals surface area contributed by atoms with Crippen LogP contribution in [0.5, 0.6) is 11.5 Å². The Labute approximate surface area is 250 Å². The normalized spacial score (nSPS) is 16.7. The highest BCUT2D eigenvalue weighted by Gasteiger charge is 2.28. The van der Waals surface area contributed by atoms with Crippen LogP contribution in [0.2, 0.25) is 0 Å². The summed E-state index contributed by atoms with van der Waals surface area (Å²) in [5, 5.41) is 5.64. The smallest absolute Gasteiger partial charge is 0.273 e. The van der Waals surface area contributed by atoms with Crippen LogP contribution in [0.25, 0.3) is 11.5 Å². The summed E-state index contributed by atoms with van der Waals surface area (Å²) in [5.74, 6) is 0.291. The molecule has 0 unspecified atom stereocenters. The van der Waals surface area contributed by atoms with Crippen LogP contribution in [-0.4, -0.2) is 70.4 Å². The highest BCUT2D eigenvalue weighted by molar-refractivity contribution is 5.96. The van der Waals surface area contributed by atoms with Crippen molar-refractivity contribution in [2.24, 2.45) is 5.92 Å². The number of aryl methyl sites for hydroxylation is 1. The van der Waals surface area contributed by atoms with E-state index in [0.29, 0.717) is 46.5 Å². The zero-order valence-electron chi connectivity index (χ0n) is 25.4. The van der Waals surface area contributed by atoms with Crippen molar-refractivity contribution in [2.75, 3.05) is 32.5 Å². The van der Waals surface area contributed by atoms with Crippen LogP contribution in [0.4, 0.5) is 5.95 Å². The Hall–Kier alpha value is -4.68. The third kappa shape index (κ3) is 7.59. The summed E-state index contributed by atoms with van der Waals surface area (Å²) < 4.78 is 17.4. The van der Waals surface area contributed by atoms with Gasteiger partial charge in [-0.2, -0.15) is 0 Å². The van der Waals surface area contributed by atoms with Crippen molar-refractivity contribution in [3.05, 3.63) is 47.1 Å². The van der Waals surface area contributed by atoms with Gasteiger partial charge < -0.3 is 35.2 Å². The number of hydrogen-bond donors (Lipinski definition) is 3. The lowest BCUT2D eigenvalue weighted by molar-refractivity contribution is -0.130. The van der Waals surface area contributed by atoms with Crippen molar-refractivity contribution in [1.29, 1.82) is 0 Å². The van der Waals surface area contributed by atoms with Crippen LogP contribution in [0.1, 0.15) is 67.7 Å². The molecular weight excluding hydrogens is 554 g/mol. The second kappa shape index (κ2) is 13.5.